The molecule has 1 aliphatic heterocycles. The molecule has 0 amide bonds. The summed E-state index contributed by atoms with van der Waals surface area (Å²) >= 11 is 2.85. The van der Waals surface area contributed by atoms with Gasteiger partial charge in [-0.1, -0.05) is 65.9 Å². The number of para-hydroxylation sites is 1. The van der Waals surface area contributed by atoms with Crippen molar-refractivity contribution in [1.29, 1.82) is 0 Å². The van der Waals surface area contributed by atoms with Crippen LogP contribution >= 0.6 is 22.7 Å². The van der Waals surface area contributed by atoms with Crippen LogP contribution in [0.1, 0.15) is 34.7 Å². The Morgan fingerprint density at radius 2 is 1.84 bits per heavy atom. The largest absolute Gasteiger partial charge is 0.463 e. The second-order valence-electron chi connectivity index (χ2n) is 9.02. The highest BCUT2D eigenvalue weighted by Gasteiger charge is 2.35. The van der Waals surface area contributed by atoms with Crippen molar-refractivity contribution in [2.24, 2.45) is 12.0 Å². The van der Waals surface area contributed by atoms with Gasteiger partial charge in [0.15, 0.2) is 4.80 Å². The first-order valence-corrected chi connectivity index (χ1v) is 14.0. The van der Waals surface area contributed by atoms with E-state index in [1.165, 1.54) is 22.7 Å². The topological polar surface area (TPSA) is 65.6 Å². The SMILES string of the molecule is CCOC(=O)C1=C(c2ccccc2)N=c2s/c(=C\c3c(C)n(C)c4ccccc34)c(=O)n2[C@@H]1c1cccs1. The highest BCUT2D eigenvalue weighted by Crippen LogP contribution is 2.37. The molecule has 0 N–H and O–H groups in total. The maximum atomic E-state index is 14.1. The lowest BCUT2D eigenvalue weighted by Crippen LogP contribution is -2.39. The molecular formula is C30H25N3O3S2. The second-order valence-corrected chi connectivity index (χ2v) is 11.0. The Hall–Kier alpha value is -4.01. The van der Waals surface area contributed by atoms with Crippen LogP contribution in [0.25, 0.3) is 22.7 Å². The van der Waals surface area contributed by atoms with Crippen LogP contribution in [0.15, 0.2) is 87.5 Å². The van der Waals surface area contributed by atoms with E-state index in [0.29, 0.717) is 20.6 Å². The van der Waals surface area contributed by atoms with Crippen LogP contribution in [0.3, 0.4) is 0 Å². The number of rotatable bonds is 5. The zero-order valence-electron chi connectivity index (χ0n) is 21.2. The Labute approximate surface area is 227 Å². The molecule has 0 saturated carbocycles. The number of aromatic nitrogens is 2. The molecule has 0 bridgehead atoms. The highest BCUT2D eigenvalue weighted by atomic mass is 32.1. The molecule has 2 aromatic carbocycles. The van der Waals surface area contributed by atoms with Crippen LogP contribution in [0.5, 0.6) is 0 Å². The normalized spacial score (nSPS) is 15.6. The number of carbonyl (C=O) groups excluding carboxylic acids is 1. The lowest BCUT2D eigenvalue weighted by atomic mass is 9.97. The summed E-state index contributed by atoms with van der Waals surface area (Å²) < 4.78 is 9.87. The van der Waals surface area contributed by atoms with E-state index in [2.05, 4.69) is 23.6 Å². The fourth-order valence-corrected chi connectivity index (χ4v) is 6.83. The zero-order valence-corrected chi connectivity index (χ0v) is 22.8. The minimum Gasteiger partial charge on any atom is -0.463 e. The number of esters is 1. The molecule has 0 spiro atoms. The van der Waals surface area contributed by atoms with Crippen molar-refractivity contribution in [2.45, 2.75) is 19.9 Å². The third-order valence-electron chi connectivity index (χ3n) is 6.91. The summed E-state index contributed by atoms with van der Waals surface area (Å²) in [6, 6.07) is 21.0. The number of hydrogen-bond donors (Lipinski definition) is 0. The molecule has 0 radical (unpaired) electrons. The molecule has 1 aliphatic rings. The lowest BCUT2D eigenvalue weighted by Gasteiger charge is -2.24. The number of ether oxygens (including phenoxy) is 1. The summed E-state index contributed by atoms with van der Waals surface area (Å²) in [4.78, 5) is 33.8. The third-order valence-corrected chi connectivity index (χ3v) is 8.82. The predicted octanol–water partition coefficient (Wildman–Crippen LogP) is 4.80. The Morgan fingerprint density at radius 1 is 1.08 bits per heavy atom. The fraction of sp³-hybridized carbons (Fsp3) is 0.167. The van der Waals surface area contributed by atoms with Gasteiger partial charge in [-0.05, 0) is 37.4 Å². The first-order chi connectivity index (χ1) is 18.5. The van der Waals surface area contributed by atoms with Gasteiger partial charge in [0.05, 0.1) is 22.4 Å². The van der Waals surface area contributed by atoms with Gasteiger partial charge in [0, 0.05) is 39.6 Å². The van der Waals surface area contributed by atoms with E-state index in [4.69, 9.17) is 9.73 Å². The standard InChI is InChI=1S/C30H25N3O3S2/c1-4-36-29(35)25-26(19-11-6-5-7-12-19)31-30-33(27(25)23-15-10-16-37-23)28(34)24(38-30)17-21-18(2)32(3)22-14-9-8-13-20(21)22/h5-17,27H,4H2,1-3H3/b24-17-/t27-/m1/s1. The second kappa shape index (κ2) is 9.70. The molecule has 4 heterocycles. The molecule has 6 rings (SSSR count). The van der Waals surface area contributed by atoms with E-state index in [9.17, 15) is 9.59 Å². The van der Waals surface area contributed by atoms with Gasteiger partial charge >= 0.3 is 5.97 Å². The smallest absolute Gasteiger partial charge is 0.338 e. The molecule has 5 aromatic rings. The quantitative estimate of drug-likeness (QED) is 0.302. The Bertz CT molecular complexity index is 1890. The van der Waals surface area contributed by atoms with Crippen LogP contribution in [0, 0.1) is 6.92 Å². The van der Waals surface area contributed by atoms with Gasteiger partial charge in [0.25, 0.3) is 5.56 Å². The van der Waals surface area contributed by atoms with Crippen molar-refractivity contribution in [3.8, 4) is 0 Å². The highest BCUT2D eigenvalue weighted by molar-refractivity contribution is 7.10. The predicted molar refractivity (Wildman–Crippen MR) is 153 cm³/mol. The van der Waals surface area contributed by atoms with Gasteiger partial charge in [-0.2, -0.15) is 0 Å². The third kappa shape index (κ3) is 3.88. The van der Waals surface area contributed by atoms with Crippen LogP contribution in [0.4, 0.5) is 0 Å². The maximum absolute atomic E-state index is 14.1. The van der Waals surface area contributed by atoms with Crippen molar-refractivity contribution in [3.63, 3.8) is 0 Å². The maximum Gasteiger partial charge on any atom is 0.338 e. The Balaban J connectivity index is 1.66. The minimum atomic E-state index is -0.628. The average Bonchev–Trinajstić information content (AvgIpc) is 3.64. The molecule has 0 aliphatic carbocycles. The van der Waals surface area contributed by atoms with Crippen molar-refractivity contribution in [1.82, 2.24) is 9.13 Å². The minimum absolute atomic E-state index is 0.173. The van der Waals surface area contributed by atoms with E-state index in [-0.39, 0.29) is 12.2 Å². The van der Waals surface area contributed by atoms with E-state index in [0.717, 1.165) is 32.6 Å². The lowest BCUT2D eigenvalue weighted by molar-refractivity contribution is -0.138. The van der Waals surface area contributed by atoms with Gasteiger partial charge < -0.3 is 9.30 Å². The van der Waals surface area contributed by atoms with E-state index >= 15 is 0 Å². The number of thiazole rings is 1. The number of carbonyl (C=O) groups is 1. The zero-order chi connectivity index (χ0) is 26.4. The molecule has 3 aromatic heterocycles. The van der Waals surface area contributed by atoms with Crippen molar-refractivity contribution in [2.75, 3.05) is 6.61 Å². The molecule has 190 valence electrons. The Kier molecular flexibility index (Phi) is 6.21. The summed E-state index contributed by atoms with van der Waals surface area (Å²) in [7, 11) is 2.03. The molecule has 0 fully saturated rings. The van der Waals surface area contributed by atoms with Crippen molar-refractivity contribution < 1.29 is 9.53 Å². The summed E-state index contributed by atoms with van der Waals surface area (Å²) in [5.41, 5.74) is 4.74. The monoisotopic (exact) mass is 539 g/mol. The molecule has 6 nitrogen and oxygen atoms in total. The molecular weight excluding hydrogens is 514 g/mol. The molecule has 8 heteroatoms. The van der Waals surface area contributed by atoms with Crippen molar-refractivity contribution >= 4 is 51.3 Å². The number of nitrogens with zero attached hydrogens (tertiary/aromatic N) is 3. The van der Waals surface area contributed by atoms with Crippen LogP contribution in [-0.4, -0.2) is 21.7 Å². The van der Waals surface area contributed by atoms with Gasteiger partial charge in [-0.25, -0.2) is 9.79 Å². The van der Waals surface area contributed by atoms with Crippen LogP contribution in [-0.2, 0) is 16.6 Å². The average molecular weight is 540 g/mol. The van der Waals surface area contributed by atoms with Gasteiger partial charge in [-0.3, -0.25) is 9.36 Å². The number of thiophene rings is 1. The van der Waals surface area contributed by atoms with Gasteiger partial charge in [-0.15, -0.1) is 11.3 Å². The van der Waals surface area contributed by atoms with Crippen molar-refractivity contribution in [3.05, 3.63) is 119 Å². The molecule has 0 saturated heterocycles. The number of hydrogen-bond acceptors (Lipinski definition) is 6. The number of aryl methyl sites for hydroxylation is 1. The fourth-order valence-electron chi connectivity index (χ4n) is 5.02. The number of fused-ring (bicyclic) bond motifs is 2. The summed E-state index contributed by atoms with van der Waals surface area (Å²) in [5, 5.41) is 3.04. The first kappa shape index (κ1) is 24.3. The van der Waals surface area contributed by atoms with E-state index < -0.39 is 12.0 Å². The Morgan fingerprint density at radius 3 is 2.58 bits per heavy atom. The molecule has 1 atom stereocenters. The summed E-state index contributed by atoms with van der Waals surface area (Å²) in [6.45, 7) is 4.07. The van der Waals surface area contributed by atoms with E-state index in [1.807, 2.05) is 73.1 Å². The number of benzene rings is 2. The first-order valence-electron chi connectivity index (χ1n) is 12.4. The molecule has 38 heavy (non-hydrogen) atoms. The van der Waals surface area contributed by atoms with Crippen LogP contribution < -0.4 is 14.9 Å². The van der Waals surface area contributed by atoms with E-state index in [1.54, 1.807) is 11.5 Å². The summed E-state index contributed by atoms with van der Waals surface area (Å²) in [5.74, 6) is -0.465. The van der Waals surface area contributed by atoms with Gasteiger partial charge in [0.2, 0.25) is 0 Å². The molecule has 0 unspecified atom stereocenters. The van der Waals surface area contributed by atoms with Gasteiger partial charge in [0.1, 0.15) is 6.04 Å². The van der Waals surface area contributed by atoms with Crippen LogP contribution in [0.2, 0.25) is 0 Å². The summed E-state index contributed by atoms with van der Waals surface area (Å²) in [6.07, 6.45) is 1.96.